The van der Waals surface area contributed by atoms with Crippen molar-refractivity contribution in [2.24, 2.45) is 5.92 Å². The van der Waals surface area contributed by atoms with Gasteiger partial charge in [0.2, 0.25) is 0 Å². The third-order valence-electron chi connectivity index (χ3n) is 3.63. The Balaban J connectivity index is 2.55. The Bertz CT molecular complexity index is 521. The maximum Gasteiger partial charge on any atom is 0.416 e. The average Bonchev–Trinajstić information content (AvgIpc) is 2.52. The molecule has 0 aliphatic carbocycles. The van der Waals surface area contributed by atoms with Gasteiger partial charge in [0.05, 0.1) is 12.2 Å². The summed E-state index contributed by atoms with van der Waals surface area (Å²) in [5.41, 5.74) is -0.423. The van der Waals surface area contributed by atoms with E-state index in [1.54, 1.807) is 0 Å². The number of alkyl halides is 3. The van der Waals surface area contributed by atoms with E-state index in [0.29, 0.717) is 18.1 Å². The number of rotatable bonds is 8. The van der Waals surface area contributed by atoms with Crippen LogP contribution in [0.15, 0.2) is 30.3 Å². The van der Waals surface area contributed by atoms with Gasteiger partial charge in [-0.25, -0.2) is 4.79 Å². The van der Waals surface area contributed by atoms with Crippen LogP contribution in [0.1, 0.15) is 50.7 Å². The van der Waals surface area contributed by atoms with Crippen molar-refractivity contribution in [2.45, 2.75) is 45.7 Å². The minimum atomic E-state index is -4.39. The fourth-order valence-electron chi connectivity index (χ4n) is 2.13. The highest BCUT2D eigenvalue weighted by Gasteiger charge is 2.30. The predicted molar refractivity (Wildman–Crippen MR) is 84.7 cm³/mol. The van der Waals surface area contributed by atoms with E-state index in [9.17, 15) is 18.0 Å². The molecule has 0 spiro atoms. The quantitative estimate of drug-likeness (QED) is 0.467. The van der Waals surface area contributed by atoms with E-state index in [0.717, 1.165) is 37.8 Å². The lowest BCUT2D eigenvalue weighted by Gasteiger charge is -2.13. The van der Waals surface area contributed by atoms with Gasteiger partial charge in [0, 0.05) is 6.08 Å². The number of halogens is 3. The Kier molecular flexibility index (Phi) is 7.86. The molecule has 128 valence electrons. The first-order valence-electron chi connectivity index (χ1n) is 7.88. The highest BCUT2D eigenvalue weighted by Crippen LogP contribution is 2.29. The number of benzene rings is 1. The Hall–Kier alpha value is -1.78. The molecule has 0 N–H and O–H groups in total. The molecule has 0 aromatic heterocycles. The van der Waals surface area contributed by atoms with Crippen molar-refractivity contribution >= 4 is 12.0 Å². The summed E-state index contributed by atoms with van der Waals surface area (Å²) in [5, 5.41) is 0. The van der Waals surface area contributed by atoms with E-state index in [2.05, 4.69) is 6.92 Å². The second kappa shape index (κ2) is 9.38. The van der Waals surface area contributed by atoms with Gasteiger partial charge in [-0.1, -0.05) is 45.2 Å². The molecule has 0 bridgehead atoms. The van der Waals surface area contributed by atoms with Gasteiger partial charge < -0.3 is 4.74 Å². The van der Waals surface area contributed by atoms with Crippen LogP contribution in [0.3, 0.4) is 0 Å². The van der Waals surface area contributed by atoms with Crippen LogP contribution in [0.2, 0.25) is 0 Å². The summed E-state index contributed by atoms with van der Waals surface area (Å²) in [5.74, 6) is -0.196. The molecule has 1 unspecified atom stereocenters. The predicted octanol–water partition coefficient (Wildman–Crippen LogP) is 5.48. The normalized spacial score (nSPS) is 13.3. The molecule has 23 heavy (non-hydrogen) atoms. The number of carbonyl (C=O) groups is 1. The van der Waals surface area contributed by atoms with E-state index >= 15 is 0 Å². The summed E-state index contributed by atoms with van der Waals surface area (Å²) < 4.78 is 43.0. The number of carbonyl (C=O) groups excluding carboxylic acids is 1. The summed E-state index contributed by atoms with van der Waals surface area (Å²) in [4.78, 5) is 11.7. The summed E-state index contributed by atoms with van der Waals surface area (Å²) in [6, 6.07) is 4.82. The number of ether oxygens (including phenoxy) is 1. The molecule has 0 heterocycles. The van der Waals surface area contributed by atoms with Crippen LogP contribution in [0, 0.1) is 5.92 Å². The lowest BCUT2D eigenvalue weighted by atomic mass is 10.0. The maximum atomic E-state index is 12.6. The highest BCUT2D eigenvalue weighted by atomic mass is 19.4. The SMILES string of the molecule is CCCCC(CC)COC(=O)/C=C/c1cccc(C(F)(F)F)c1. The van der Waals surface area contributed by atoms with Gasteiger partial charge in [-0.2, -0.15) is 13.2 Å². The molecule has 0 saturated carbocycles. The van der Waals surface area contributed by atoms with E-state index in [4.69, 9.17) is 4.74 Å². The number of esters is 1. The van der Waals surface area contributed by atoms with Crippen molar-refractivity contribution in [2.75, 3.05) is 6.61 Å². The molecule has 0 radical (unpaired) electrons. The van der Waals surface area contributed by atoms with Gasteiger partial charge in [-0.3, -0.25) is 0 Å². The Morgan fingerprint density at radius 1 is 1.30 bits per heavy atom. The zero-order valence-electron chi connectivity index (χ0n) is 13.5. The summed E-state index contributed by atoms with van der Waals surface area (Å²) in [6.07, 6.45) is 2.25. The van der Waals surface area contributed by atoms with Gasteiger partial charge in [-0.05, 0) is 36.1 Å². The van der Waals surface area contributed by atoms with E-state index in [-0.39, 0.29) is 0 Å². The zero-order chi connectivity index (χ0) is 17.3. The lowest BCUT2D eigenvalue weighted by Crippen LogP contribution is -2.12. The van der Waals surface area contributed by atoms with E-state index < -0.39 is 17.7 Å². The van der Waals surface area contributed by atoms with Crippen LogP contribution >= 0.6 is 0 Å². The van der Waals surface area contributed by atoms with Crippen LogP contribution < -0.4 is 0 Å². The highest BCUT2D eigenvalue weighted by molar-refractivity contribution is 5.87. The fourth-order valence-corrected chi connectivity index (χ4v) is 2.13. The Morgan fingerprint density at radius 3 is 2.65 bits per heavy atom. The van der Waals surface area contributed by atoms with Gasteiger partial charge in [0.15, 0.2) is 0 Å². The van der Waals surface area contributed by atoms with Gasteiger partial charge in [0.1, 0.15) is 0 Å². The molecule has 1 aromatic carbocycles. The molecule has 1 aromatic rings. The molecule has 2 nitrogen and oxygen atoms in total. The second-order valence-corrected chi connectivity index (χ2v) is 5.50. The largest absolute Gasteiger partial charge is 0.462 e. The molecule has 0 aliphatic heterocycles. The Labute approximate surface area is 135 Å². The molecule has 1 atom stereocenters. The fraction of sp³-hybridized carbons (Fsp3) is 0.500. The molecular formula is C18H23F3O2. The van der Waals surface area contributed by atoms with Crippen LogP contribution in [0.5, 0.6) is 0 Å². The standard InChI is InChI=1S/C18H23F3O2/c1-3-5-7-14(4-2)13-23-17(22)11-10-15-8-6-9-16(12-15)18(19,20)21/h6,8-12,14H,3-5,7,13H2,1-2H3/b11-10+. The zero-order valence-corrected chi connectivity index (χ0v) is 13.5. The van der Waals surface area contributed by atoms with Gasteiger partial charge in [0.25, 0.3) is 0 Å². The van der Waals surface area contributed by atoms with Crippen molar-refractivity contribution in [3.8, 4) is 0 Å². The number of hydrogen-bond donors (Lipinski definition) is 0. The minimum Gasteiger partial charge on any atom is -0.462 e. The minimum absolute atomic E-state index is 0.315. The van der Waals surface area contributed by atoms with Crippen molar-refractivity contribution in [3.05, 3.63) is 41.5 Å². The van der Waals surface area contributed by atoms with Crippen molar-refractivity contribution < 1.29 is 22.7 Å². The second-order valence-electron chi connectivity index (χ2n) is 5.50. The molecule has 0 amide bonds. The monoisotopic (exact) mass is 328 g/mol. The van der Waals surface area contributed by atoms with Crippen LogP contribution in [-0.2, 0) is 15.7 Å². The smallest absolute Gasteiger partial charge is 0.416 e. The summed E-state index contributed by atoms with van der Waals surface area (Å²) >= 11 is 0. The van der Waals surface area contributed by atoms with Gasteiger partial charge >= 0.3 is 12.1 Å². The van der Waals surface area contributed by atoms with E-state index in [1.807, 2.05) is 6.92 Å². The molecule has 5 heteroatoms. The maximum absolute atomic E-state index is 12.6. The third kappa shape index (κ3) is 7.35. The number of unbranched alkanes of at least 4 members (excludes halogenated alkanes) is 1. The topological polar surface area (TPSA) is 26.3 Å². The lowest BCUT2D eigenvalue weighted by molar-refractivity contribution is -0.139. The molecule has 0 fully saturated rings. The van der Waals surface area contributed by atoms with E-state index in [1.165, 1.54) is 24.3 Å². The first kappa shape index (κ1) is 19.3. The van der Waals surface area contributed by atoms with Crippen molar-refractivity contribution in [1.29, 1.82) is 0 Å². The summed E-state index contributed by atoms with van der Waals surface area (Å²) in [7, 11) is 0. The summed E-state index contributed by atoms with van der Waals surface area (Å²) in [6.45, 7) is 4.51. The molecular weight excluding hydrogens is 305 g/mol. The number of hydrogen-bond acceptors (Lipinski definition) is 2. The van der Waals surface area contributed by atoms with Crippen molar-refractivity contribution in [1.82, 2.24) is 0 Å². The third-order valence-corrected chi connectivity index (χ3v) is 3.63. The molecule has 0 saturated heterocycles. The average molecular weight is 328 g/mol. The van der Waals surface area contributed by atoms with Crippen LogP contribution in [0.4, 0.5) is 13.2 Å². The first-order chi connectivity index (χ1) is 10.9. The first-order valence-corrected chi connectivity index (χ1v) is 7.88. The van der Waals surface area contributed by atoms with Crippen LogP contribution in [-0.4, -0.2) is 12.6 Å². The van der Waals surface area contributed by atoms with Crippen molar-refractivity contribution in [3.63, 3.8) is 0 Å². The Morgan fingerprint density at radius 2 is 2.04 bits per heavy atom. The molecule has 0 aliphatic rings. The van der Waals surface area contributed by atoms with Crippen LogP contribution in [0.25, 0.3) is 6.08 Å². The van der Waals surface area contributed by atoms with Gasteiger partial charge in [-0.15, -0.1) is 0 Å². The molecule has 1 rings (SSSR count).